The maximum Gasteiger partial charge on any atom is 0.312 e. The van der Waals surface area contributed by atoms with E-state index >= 15 is 0 Å². The number of hydrogen-bond acceptors (Lipinski definition) is 10. The number of carbonyl (C=O) groups is 4. The summed E-state index contributed by atoms with van der Waals surface area (Å²) in [5.74, 6) is -3.89. The first kappa shape index (κ1) is 30.2. The fraction of sp³-hybridized carbons (Fsp3) is 0.321. The molecule has 1 aliphatic rings. The zero-order chi connectivity index (χ0) is 29.7. The van der Waals surface area contributed by atoms with Gasteiger partial charge in [-0.15, -0.1) is 0 Å². The summed E-state index contributed by atoms with van der Waals surface area (Å²) in [6.07, 6.45) is 1.91. The number of allylic oxidation sites excluding steroid dienone is 1. The third kappa shape index (κ3) is 5.81. The van der Waals surface area contributed by atoms with Gasteiger partial charge in [-0.1, -0.05) is 18.2 Å². The Morgan fingerprint density at radius 1 is 0.950 bits per heavy atom. The van der Waals surface area contributed by atoms with Gasteiger partial charge in [0.25, 0.3) is 0 Å². The number of imide groups is 1. The summed E-state index contributed by atoms with van der Waals surface area (Å²) in [7, 11) is -1.90. The molecule has 212 valence electrons. The van der Waals surface area contributed by atoms with E-state index in [0.717, 1.165) is 18.9 Å². The second-order valence-corrected chi connectivity index (χ2v) is 11.1. The van der Waals surface area contributed by atoms with Crippen molar-refractivity contribution >= 4 is 45.5 Å². The maximum atomic E-state index is 14.2. The van der Waals surface area contributed by atoms with Crippen molar-refractivity contribution in [2.24, 2.45) is 10.9 Å². The Bertz CT molecular complexity index is 1440. The molecule has 0 radical (unpaired) electrons. The van der Waals surface area contributed by atoms with Crippen molar-refractivity contribution < 1.29 is 41.8 Å². The first-order chi connectivity index (χ1) is 18.9. The molecule has 0 aromatic heterocycles. The van der Waals surface area contributed by atoms with Crippen LogP contribution in [-0.4, -0.2) is 63.6 Å². The van der Waals surface area contributed by atoms with Gasteiger partial charge in [-0.05, 0) is 54.5 Å². The molecule has 0 spiro atoms. The van der Waals surface area contributed by atoms with Crippen LogP contribution in [0.4, 0.5) is 5.69 Å². The van der Waals surface area contributed by atoms with Crippen LogP contribution in [0.25, 0.3) is 0 Å². The third-order valence-electron chi connectivity index (χ3n) is 6.37. The highest BCUT2D eigenvalue weighted by molar-refractivity contribution is 7.93. The molecule has 40 heavy (non-hydrogen) atoms. The average Bonchev–Trinajstić information content (AvgIpc) is 3.42. The molecule has 2 amide bonds. The fourth-order valence-electron chi connectivity index (χ4n) is 4.61. The lowest BCUT2D eigenvalue weighted by Gasteiger charge is -2.36. The Balaban J connectivity index is 2.23. The van der Waals surface area contributed by atoms with E-state index in [1.807, 2.05) is 0 Å². The molecule has 0 N–H and O–H groups in total. The van der Waals surface area contributed by atoms with Gasteiger partial charge in [0.2, 0.25) is 26.5 Å². The summed E-state index contributed by atoms with van der Waals surface area (Å²) in [4.78, 5) is 53.1. The first-order valence-corrected chi connectivity index (χ1v) is 13.6. The quantitative estimate of drug-likeness (QED) is 0.394. The third-order valence-corrected chi connectivity index (χ3v) is 8.60. The number of aliphatic imine (C=N–C) groups is 1. The lowest BCUT2D eigenvalue weighted by atomic mass is 9.88. The van der Waals surface area contributed by atoms with Crippen molar-refractivity contribution in [3.8, 4) is 5.75 Å². The number of methoxy groups -OCH3 is 2. The second kappa shape index (κ2) is 12.2. The van der Waals surface area contributed by atoms with Crippen molar-refractivity contribution in [1.82, 2.24) is 0 Å². The van der Waals surface area contributed by atoms with E-state index in [-0.39, 0.29) is 17.0 Å². The summed E-state index contributed by atoms with van der Waals surface area (Å²) in [6.45, 7) is 3.51. The van der Waals surface area contributed by atoms with Gasteiger partial charge in [-0.2, -0.15) is 0 Å². The van der Waals surface area contributed by atoms with Gasteiger partial charge < -0.3 is 14.2 Å². The molecule has 2 aromatic rings. The summed E-state index contributed by atoms with van der Waals surface area (Å²) >= 11 is 0. The maximum absolute atomic E-state index is 14.2. The zero-order valence-electron chi connectivity index (χ0n) is 22.7. The summed E-state index contributed by atoms with van der Waals surface area (Å²) < 4.78 is 44.1. The molecule has 0 aliphatic carbocycles. The molecule has 0 bridgehead atoms. The van der Waals surface area contributed by atoms with Crippen LogP contribution in [0.5, 0.6) is 5.75 Å². The molecule has 3 rings (SSSR count). The van der Waals surface area contributed by atoms with Gasteiger partial charge in [0, 0.05) is 27.0 Å². The van der Waals surface area contributed by atoms with Crippen LogP contribution in [0.2, 0.25) is 0 Å². The van der Waals surface area contributed by atoms with Gasteiger partial charge in [0.05, 0.1) is 24.8 Å². The lowest BCUT2D eigenvalue weighted by molar-refractivity contribution is -0.160. The number of rotatable bonds is 10. The van der Waals surface area contributed by atoms with Crippen LogP contribution in [0.3, 0.4) is 0 Å². The molecule has 2 aromatic carbocycles. The minimum atomic E-state index is -4.45. The summed E-state index contributed by atoms with van der Waals surface area (Å²) in [5, 5.41) is 0. The smallest absolute Gasteiger partial charge is 0.312 e. The zero-order valence-corrected chi connectivity index (χ0v) is 23.5. The number of carbonyl (C=O) groups excluding carboxylic acids is 4. The van der Waals surface area contributed by atoms with Crippen LogP contribution in [0.1, 0.15) is 26.3 Å². The van der Waals surface area contributed by atoms with Crippen LogP contribution in [-0.2, 0) is 44.9 Å². The van der Waals surface area contributed by atoms with Gasteiger partial charge in [-0.3, -0.25) is 29.1 Å². The van der Waals surface area contributed by atoms with Crippen molar-refractivity contribution in [2.75, 3.05) is 19.1 Å². The van der Waals surface area contributed by atoms with Crippen molar-refractivity contribution in [3.63, 3.8) is 0 Å². The molecular weight excluding hydrogens is 540 g/mol. The van der Waals surface area contributed by atoms with E-state index in [1.165, 1.54) is 69.7 Å². The van der Waals surface area contributed by atoms with E-state index < -0.39 is 50.5 Å². The summed E-state index contributed by atoms with van der Waals surface area (Å²) in [6, 6.07) is 11.9. The standard InChI is InChI=1S/C28H30N2O9S/c1-18(31)30(19(2)32)25-10-7-6-9-21(25)17-24(27(34)38-5)26(39-20(3)33)28(15-8-16-29-28)40(35,36)23-13-11-22(37-4)12-14-23/h6-16,24,26H,17H2,1-5H3. The Labute approximate surface area is 232 Å². The molecule has 1 heterocycles. The second-order valence-electron chi connectivity index (χ2n) is 8.93. The fourth-order valence-corrected chi connectivity index (χ4v) is 6.45. The number of amides is 2. The molecule has 0 saturated heterocycles. The van der Waals surface area contributed by atoms with Crippen molar-refractivity contribution in [3.05, 3.63) is 66.2 Å². The lowest BCUT2D eigenvalue weighted by Crippen LogP contribution is -2.53. The van der Waals surface area contributed by atoms with E-state index in [0.29, 0.717) is 11.3 Å². The minimum absolute atomic E-state index is 0.155. The average molecular weight is 571 g/mol. The normalized spacial score (nSPS) is 17.5. The van der Waals surface area contributed by atoms with Crippen LogP contribution in [0, 0.1) is 5.92 Å². The largest absolute Gasteiger partial charge is 0.497 e. The number of esters is 2. The molecule has 0 fully saturated rings. The number of para-hydroxylation sites is 1. The molecule has 12 heteroatoms. The van der Waals surface area contributed by atoms with Gasteiger partial charge in [0.1, 0.15) is 11.7 Å². The van der Waals surface area contributed by atoms with Gasteiger partial charge in [0.15, 0.2) is 6.10 Å². The molecule has 3 atom stereocenters. The highest BCUT2D eigenvalue weighted by Gasteiger charge is 2.57. The predicted molar refractivity (Wildman–Crippen MR) is 146 cm³/mol. The highest BCUT2D eigenvalue weighted by Crippen LogP contribution is 2.41. The number of hydrogen-bond donors (Lipinski definition) is 0. The molecule has 1 aliphatic heterocycles. The SMILES string of the molecule is COC(=O)C(Cc1ccccc1N(C(C)=O)C(C)=O)C(OC(C)=O)C1(S(=O)(=O)c2ccc(OC)cc2)C=CC=N1. The number of sulfone groups is 1. The number of anilines is 1. The summed E-state index contributed by atoms with van der Waals surface area (Å²) in [5.41, 5.74) is 0.527. The van der Waals surface area contributed by atoms with E-state index in [2.05, 4.69) is 4.99 Å². The topological polar surface area (TPSA) is 146 Å². The minimum Gasteiger partial charge on any atom is -0.497 e. The van der Waals surface area contributed by atoms with Crippen LogP contribution in [0.15, 0.2) is 70.6 Å². The van der Waals surface area contributed by atoms with Gasteiger partial charge >= 0.3 is 11.9 Å². The van der Waals surface area contributed by atoms with E-state index in [9.17, 15) is 27.6 Å². The van der Waals surface area contributed by atoms with Crippen molar-refractivity contribution in [1.29, 1.82) is 0 Å². The predicted octanol–water partition coefficient (Wildman–Crippen LogP) is 2.67. The Morgan fingerprint density at radius 2 is 1.57 bits per heavy atom. The number of nitrogens with zero attached hydrogens (tertiary/aromatic N) is 2. The Kier molecular flexibility index (Phi) is 9.25. The number of benzene rings is 2. The van der Waals surface area contributed by atoms with Crippen LogP contribution >= 0.6 is 0 Å². The monoisotopic (exact) mass is 570 g/mol. The molecular formula is C28H30N2O9S. The Morgan fingerprint density at radius 3 is 2.08 bits per heavy atom. The van der Waals surface area contributed by atoms with E-state index in [1.54, 1.807) is 18.2 Å². The van der Waals surface area contributed by atoms with E-state index in [4.69, 9.17) is 14.2 Å². The van der Waals surface area contributed by atoms with Crippen molar-refractivity contribution in [2.45, 2.75) is 43.1 Å². The Hall–Kier alpha value is -4.32. The highest BCUT2D eigenvalue weighted by atomic mass is 32.2. The number of ether oxygens (including phenoxy) is 3. The van der Waals surface area contributed by atoms with Crippen LogP contribution < -0.4 is 9.64 Å². The molecule has 11 nitrogen and oxygen atoms in total. The first-order valence-electron chi connectivity index (χ1n) is 12.2. The van der Waals surface area contributed by atoms with Gasteiger partial charge in [-0.25, -0.2) is 8.42 Å². The molecule has 3 unspecified atom stereocenters. The molecule has 0 saturated carbocycles.